The van der Waals surface area contributed by atoms with E-state index in [4.69, 9.17) is 4.74 Å². The van der Waals surface area contributed by atoms with E-state index in [1.54, 1.807) is 36.7 Å². The number of pyridine rings is 1. The van der Waals surface area contributed by atoms with Crippen LogP contribution in [0, 0.1) is 6.92 Å². The number of aromatic nitrogens is 1. The molecule has 0 atom stereocenters. The van der Waals surface area contributed by atoms with E-state index in [1.807, 2.05) is 19.1 Å². The summed E-state index contributed by atoms with van der Waals surface area (Å²) in [5, 5.41) is 5.73. The van der Waals surface area contributed by atoms with Gasteiger partial charge in [-0.2, -0.15) is 0 Å². The van der Waals surface area contributed by atoms with E-state index in [0.717, 1.165) is 24.2 Å². The van der Waals surface area contributed by atoms with Crippen molar-refractivity contribution in [2.24, 2.45) is 0 Å². The number of fused-ring (bicyclic) bond motifs is 1. The molecule has 0 bridgehead atoms. The first-order valence-electron chi connectivity index (χ1n) is 10.5. The Labute approximate surface area is 181 Å². The Hall–Kier alpha value is -3.67. The van der Waals surface area contributed by atoms with Crippen LogP contribution >= 0.6 is 0 Å². The summed E-state index contributed by atoms with van der Waals surface area (Å²) in [6.45, 7) is 2.59. The van der Waals surface area contributed by atoms with Gasteiger partial charge in [-0.1, -0.05) is 18.2 Å². The number of rotatable bonds is 7. The van der Waals surface area contributed by atoms with Gasteiger partial charge in [-0.15, -0.1) is 0 Å². The second-order valence-corrected chi connectivity index (χ2v) is 7.58. The molecule has 2 amide bonds. The molecule has 2 N–H and O–H groups in total. The van der Waals surface area contributed by atoms with Crippen molar-refractivity contribution in [1.82, 2.24) is 10.3 Å². The Morgan fingerprint density at radius 2 is 1.81 bits per heavy atom. The number of nitrogens with one attached hydrogen (secondary N) is 2. The molecule has 4 rings (SSSR count). The smallest absolute Gasteiger partial charge is 0.255 e. The molecule has 2 aromatic carbocycles. The summed E-state index contributed by atoms with van der Waals surface area (Å²) in [6.07, 6.45) is 6.56. The monoisotopic (exact) mass is 415 g/mol. The highest BCUT2D eigenvalue weighted by Crippen LogP contribution is 2.26. The van der Waals surface area contributed by atoms with Gasteiger partial charge in [0.1, 0.15) is 12.4 Å². The van der Waals surface area contributed by atoms with E-state index in [1.165, 1.54) is 17.5 Å². The molecule has 0 fully saturated rings. The minimum absolute atomic E-state index is 0.258. The van der Waals surface area contributed by atoms with Crippen LogP contribution < -0.4 is 15.4 Å². The Balaban J connectivity index is 1.36. The number of para-hydroxylation sites is 1. The van der Waals surface area contributed by atoms with Crippen molar-refractivity contribution < 1.29 is 14.3 Å². The fraction of sp³-hybridized carbons (Fsp3) is 0.240. The van der Waals surface area contributed by atoms with Crippen LogP contribution in [-0.2, 0) is 12.8 Å². The standard InChI is InChI=1S/C25H25N3O3/c1-17-4-2-7-22(23(17)28-24(29)19-10-12-26-13-11-19)25(30)27-14-15-31-21-9-8-18-5-3-6-20(18)16-21/h2,4,7-13,16H,3,5-6,14-15H2,1H3,(H,27,30)(H,28,29). The molecule has 0 unspecified atom stereocenters. The number of hydrogen-bond donors (Lipinski definition) is 2. The summed E-state index contributed by atoms with van der Waals surface area (Å²) in [6, 6.07) is 14.8. The third-order valence-electron chi connectivity index (χ3n) is 5.42. The fourth-order valence-electron chi connectivity index (χ4n) is 3.78. The summed E-state index contributed by atoms with van der Waals surface area (Å²) in [5.41, 5.74) is 4.97. The van der Waals surface area contributed by atoms with Crippen LogP contribution in [0.25, 0.3) is 0 Å². The highest BCUT2D eigenvalue weighted by molar-refractivity contribution is 6.09. The number of benzene rings is 2. The number of ether oxygens (including phenoxy) is 1. The summed E-state index contributed by atoms with van der Waals surface area (Å²) in [4.78, 5) is 29.2. The summed E-state index contributed by atoms with van der Waals surface area (Å²) in [7, 11) is 0. The van der Waals surface area contributed by atoms with Crippen LogP contribution in [-0.4, -0.2) is 29.9 Å². The molecule has 0 spiro atoms. The Morgan fingerprint density at radius 3 is 2.65 bits per heavy atom. The lowest BCUT2D eigenvalue weighted by Crippen LogP contribution is -2.29. The Morgan fingerprint density at radius 1 is 1.00 bits per heavy atom. The van der Waals surface area contributed by atoms with Gasteiger partial charge in [0.15, 0.2) is 0 Å². The maximum Gasteiger partial charge on any atom is 0.255 e. The van der Waals surface area contributed by atoms with E-state index in [-0.39, 0.29) is 11.8 Å². The molecule has 1 aliphatic carbocycles. The molecule has 0 aliphatic heterocycles. The van der Waals surface area contributed by atoms with Gasteiger partial charge in [-0.05, 0) is 73.2 Å². The first-order chi connectivity index (χ1) is 15.1. The molecule has 1 heterocycles. The number of hydrogen-bond acceptors (Lipinski definition) is 4. The van der Waals surface area contributed by atoms with Crippen molar-refractivity contribution in [3.05, 3.63) is 88.7 Å². The first-order valence-corrected chi connectivity index (χ1v) is 10.5. The molecule has 1 aromatic heterocycles. The highest BCUT2D eigenvalue weighted by atomic mass is 16.5. The first kappa shape index (κ1) is 20.6. The number of carbonyl (C=O) groups is 2. The third-order valence-corrected chi connectivity index (χ3v) is 5.42. The highest BCUT2D eigenvalue weighted by Gasteiger charge is 2.16. The van der Waals surface area contributed by atoms with Gasteiger partial charge < -0.3 is 15.4 Å². The number of aryl methyl sites for hydroxylation is 3. The maximum absolute atomic E-state index is 12.8. The van der Waals surface area contributed by atoms with Gasteiger partial charge in [0, 0.05) is 18.0 Å². The summed E-state index contributed by atoms with van der Waals surface area (Å²) < 4.78 is 5.80. The largest absolute Gasteiger partial charge is 0.492 e. The minimum Gasteiger partial charge on any atom is -0.492 e. The average molecular weight is 415 g/mol. The van der Waals surface area contributed by atoms with E-state index < -0.39 is 0 Å². The van der Waals surface area contributed by atoms with Gasteiger partial charge in [-0.25, -0.2) is 0 Å². The topological polar surface area (TPSA) is 80.3 Å². The molecule has 6 nitrogen and oxygen atoms in total. The zero-order valence-electron chi connectivity index (χ0n) is 17.5. The average Bonchev–Trinajstić information content (AvgIpc) is 3.26. The lowest BCUT2D eigenvalue weighted by Gasteiger charge is -2.14. The van der Waals surface area contributed by atoms with Gasteiger partial charge in [0.2, 0.25) is 0 Å². The van der Waals surface area contributed by atoms with Crippen LogP contribution in [0.3, 0.4) is 0 Å². The molecule has 0 saturated carbocycles. The van der Waals surface area contributed by atoms with Gasteiger partial charge >= 0.3 is 0 Å². The van der Waals surface area contributed by atoms with Crippen molar-refractivity contribution in [3.8, 4) is 5.75 Å². The van der Waals surface area contributed by atoms with Gasteiger partial charge in [-0.3, -0.25) is 14.6 Å². The molecule has 0 radical (unpaired) electrons. The van der Waals surface area contributed by atoms with E-state index in [2.05, 4.69) is 27.8 Å². The number of carbonyl (C=O) groups excluding carboxylic acids is 2. The predicted octanol–water partition coefficient (Wildman–Crippen LogP) is 3.94. The van der Waals surface area contributed by atoms with Crippen LogP contribution in [0.4, 0.5) is 5.69 Å². The van der Waals surface area contributed by atoms with Crippen molar-refractivity contribution >= 4 is 17.5 Å². The molecule has 1 aliphatic rings. The molecule has 31 heavy (non-hydrogen) atoms. The minimum atomic E-state index is -0.286. The number of nitrogens with zero attached hydrogens (tertiary/aromatic N) is 1. The van der Waals surface area contributed by atoms with Crippen molar-refractivity contribution in [1.29, 1.82) is 0 Å². The number of anilines is 1. The zero-order valence-corrected chi connectivity index (χ0v) is 17.5. The van der Waals surface area contributed by atoms with Gasteiger partial charge in [0.05, 0.1) is 17.8 Å². The lowest BCUT2D eigenvalue weighted by atomic mass is 10.1. The predicted molar refractivity (Wildman–Crippen MR) is 120 cm³/mol. The Bertz CT molecular complexity index is 1100. The molecular weight excluding hydrogens is 390 g/mol. The zero-order chi connectivity index (χ0) is 21.6. The molecule has 6 heteroatoms. The van der Waals surface area contributed by atoms with Crippen molar-refractivity contribution in [2.75, 3.05) is 18.5 Å². The van der Waals surface area contributed by atoms with Crippen LogP contribution in [0.15, 0.2) is 60.9 Å². The summed E-state index contributed by atoms with van der Waals surface area (Å²) in [5.74, 6) is 0.285. The van der Waals surface area contributed by atoms with Crippen molar-refractivity contribution in [2.45, 2.75) is 26.2 Å². The maximum atomic E-state index is 12.8. The second kappa shape index (κ2) is 9.43. The van der Waals surface area contributed by atoms with Crippen LogP contribution in [0.1, 0.15) is 43.8 Å². The molecular formula is C25H25N3O3. The third kappa shape index (κ3) is 4.91. The molecule has 3 aromatic rings. The number of amides is 2. The SMILES string of the molecule is Cc1cccc(C(=O)NCCOc2ccc3c(c2)CCC3)c1NC(=O)c1ccncc1. The van der Waals surface area contributed by atoms with Crippen molar-refractivity contribution in [3.63, 3.8) is 0 Å². The summed E-state index contributed by atoms with van der Waals surface area (Å²) >= 11 is 0. The molecule has 158 valence electrons. The normalized spacial score (nSPS) is 12.2. The Kier molecular flexibility index (Phi) is 6.26. The van der Waals surface area contributed by atoms with Crippen LogP contribution in [0.2, 0.25) is 0 Å². The second-order valence-electron chi connectivity index (χ2n) is 7.58. The quantitative estimate of drug-likeness (QED) is 0.573. The van der Waals surface area contributed by atoms with E-state index in [0.29, 0.717) is 30.0 Å². The van der Waals surface area contributed by atoms with E-state index >= 15 is 0 Å². The van der Waals surface area contributed by atoms with Gasteiger partial charge in [0.25, 0.3) is 11.8 Å². The molecule has 0 saturated heterocycles. The van der Waals surface area contributed by atoms with Crippen LogP contribution in [0.5, 0.6) is 5.75 Å². The van der Waals surface area contributed by atoms with E-state index in [9.17, 15) is 9.59 Å². The lowest BCUT2D eigenvalue weighted by molar-refractivity contribution is 0.0948. The fourth-order valence-corrected chi connectivity index (χ4v) is 3.78.